The summed E-state index contributed by atoms with van der Waals surface area (Å²) in [7, 11) is 0. The van der Waals surface area contributed by atoms with Gasteiger partial charge in [0.15, 0.2) is 0 Å². The molecule has 0 fully saturated rings. The monoisotopic (exact) mass is 313 g/mol. The molecule has 0 aliphatic rings. The van der Waals surface area contributed by atoms with Gasteiger partial charge in [-0.2, -0.15) is 0 Å². The minimum absolute atomic E-state index is 0.0148. The molecule has 4 nitrogen and oxygen atoms in total. The lowest BCUT2D eigenvalue weighted by molar-refractivity contribution is -0.144. The summed E-state index contributed by atoms with van der Waals surface area (Å²) in [5.41, 5.74) is 0. The van der Waals surface area contributed by atoms with Crippen LogP contribution in [0.15, 0.2) is 0 Å². The Morgan fingerprint density at radius 3 is 1.86 bits per heavy atom. The Hall–Kier alpha value is -1.06. The number of carbonyl (C=O) groups excluding carboxylic acids is 1. The fourth-order valence-electron chi connectivity index (χ4n) is 2.60. The average Bonchev–Trinajstić information content (AvgIpc) is 2.43. The van der Waals surface area contributed by atoms with E-state index in [1.165, 1.54) is 49.8 Å². The Labute approximate surface area is 136 Å². The minimum Gasteiger partial charge on any atom is -0.480 e. The summed E-state index contributed by atoms with van der Waals surface area (Å²) in [6, 6.07) is 0. The summed E-state index contributed by atoms with van der Waals surface area (Å²) < 4.78 is 0. The van der Waals surface area contributed by atoms with E-state index < -0.39 is 5.97 Å². The van der Waals surface area contributed by atoms with Crippen molar-refractivity contribution in [1.29, 1.82) is 0 Å². The predicted molar refractivity (Wildman–Crippen MR) is 90.9 cm³/mol. The van der Waals surface area contributed by atoms with Crippen molar-refractivity contribution in [3.63, 3.8) is 0 Å². The fourth-order valence-corrected chi connectivity index (χ4v) is 2.60. The molecule has 0 aliphatic carbocycles. The number of rotatable bonds is 14. The Bertz CT molecular complexity index is 303. The third-order valence-corrected chi connectivity index (χ3v) is 3.76. The van der Waals surface area contributed by atoms with Gasteiger partial charge in [0.25, 0.3) is 0 Å². The second-order valence-electron chi connectivity index (χ2n) is 6.64. The SMILES string of the molecule is CCCCCCCCCCCC(=O)N(CC(=O)O)CC(C)C. The molecule has 0 atom stereocenters. The van der Waals surface area contributed by atoms with Crippen LogP contribution < -0.4 is 0 Å². The lowest BCUT2D eigenvalue weighted by Gasteiger charge is -2.22. The second kappa shape index (κ2) is 13.6. The maximum atomic E-state index is 12.1. The maximum absolute atomic E-state index is 12.1. The van der Waals surface area contributed by atoms with Gasteiger partial charge in [-0.1, -0.05) is 72.1 Å². The molecule has 0 heterocycles. The standard InChI is InChI=1S/C18H35NO3/c1-4-5-6-7-8-9-10-11-12-13-17(20)19(14-16(2)3)15-18(21)22/h16H,4-15H2,1-3H3,(H,21,22). The molecule has 22 heavy (non-hydrogen) atoms. The van der Waals surface area contributed by atoms with Gasteiger partial charge in [0.1, 0.15) is 6.54 Å². The van der Waals surface area contributed by atoms with Crippen LogP contribution in [0.1, 0.15) is 85.0 Å². The molecule has 130 valence electrons. The van der Waals surface area contributed by atoms with Crippen molar-refractivity contribution < 1.29 is 14.7 Å². The molecule has 0 aliphatic heterocycles. The highest BCUT2D eigenvalue weighted by atomic mass is 16.4. The normalized spacial score (nSPS) is 10.9. The van der Waals surface area contributed by atoms with E-state index >= 15 is 0 Å². The molecule has 4 heteroatoms. The quantitative estimate of drug-likeness (QED) is 0.481. The van der Waals surface area contributed by atoms with Crippen LogP contribution in [0.5, 0.6) is 0 Å². The molecule has 0 aromatic heterocycles. The van der Waals surface area contributed by atoms with Gasteiger partial charge in [-0.3, -0.25) is 9.59 Å². The van der Waals surface area contributed by atoms with Crippen LogP contribution >= 0.6 is 0 Å². The lowest BCUT2D eigenvalue weighted by Crippen LogP contribution is -2.38. The third-order valence-electron chi connectivity index (χ3n) is 3.76. The molecule has 1 N–H and O–H groups in total. The highest BCUT2D eigenvalue weighted by Crippen LogP contribution is 2.11. The lowest BCUT2D eigenvalue weighted by atomic mass is 10.1. The van der Waals surface area contributed by atoms with Gasteiger partial charge in [0.2, 0.25) is 5.91 Å². The molecule has 0 aromatic carbocycles. The number of carboxylic acids is 1. The van der Waals surface area contributed by atoms with Crippen molar-refractivity contribution in [2.24, 2.45) is 5.92 Å². The van der Waals surface area contributed by atoms with Crippen LogP contribution in [0.3, 0.4) is 0 Å². The van der Waals surface area contributed by atoms with Crippen LogP contribution in [0.25, 0.3) is 0 Å². The Balaban J connectivity index is 3.73. The molecular formula is C18H35NO3. The number of unbranched alkanes of at least 4 members (excludes halogenated alkanes) is 8. The number of aliphatic carboxylic acids is 1. The van der Waals surface area contributed by atoms with Crippen LogP contribution in [-0.2, 0) is 9.59 Å². The zero-order valence-corrected chi connectivity index (χ0v) is 14.8. The summed E-state index contributed by atoms with van der Waals surface area (Å²) >= 11 is 0. The third kappa shape index (κ3) is 12.7. The van der Waals surface area contributed by atoms with Crippen molar-refractivity contribution in [1.82, 2.24) is 4.90 Å². The van der Waals surface area contributed by atoms with E-state index in [1.54, 1.807) is 0 Å². The van der Waals surface area contributed by atoms with Gasteiger partial charge in [-0.05, 0) is 12.3 Å². The van der Waals surface area contributed by atoms with Gasteiger partial charge >= 0.3 is 5.97 Å². The number of hydrogen-bond acceptors (Lipinski definition) is 2. The van der Waals surface area contributed by atoms with E-state index in [1.807, 2.05) is 13.8 Å². The predicted octanol–water partition coefficient (Wildman–Crippen LogP) is 4.48. The summed E-state index contributed by atoms with van der Waals surface area (Å²) in [6.45, 7) is 6.59. The van der Waals surface area contributed by atoms with Crippen molar-refractivity contribution in [3.8, 4) is 0 Å². The van der Waals surface area contributed by atoms with E-state index in [0.29, 0.717) is 18.9 Å². The first-order valence-electron chi connectivity index (χ1n) is 8.97. The van der Waals surface area contributed by atoms with E-state index in [4.69, 9.17) is 5.11 Å². The molecule has 0 saturated heterocycles. The molecule has 1 amide bonds. The Morgan fingerprint density at radius 1 is 0.909 bits per heavy atom. The van der Waals surface area contributed by atoms with Crippen molar-refractivity contribution in [2.45, 2.75) is 85.0 Å². The first-order valence-corrected chi connectivity index (χ1v) is 8.97. The summed E-state index contributed by atoms with van der Waals surface area (Å²) in [5, 5.41) is 8.88. The summed E-state index contributed by atoms with van der Waals surface area (Å²) in [5.74, 6) is -0.647. The topological polar surface area (TPSA) is 57.6 Å². The van der Waals surface area contributed by atoms with Gasteiger partial charge in [0.05, 0.1) is 0 Å². The molecule has 0 unspecified atom stereocenters. The summed E-state index contributed by atoms with van der Waals surface area (Å²) in [4.78, 5) is 24.4. The van der Waals surface area contributed by atoms with Crippen LogP contribution in [-0.4, -0.2) is 35.0 Å². The highest BCUT2D eigenvalue weighted by molar-refractivity contribution is 5.81. The van der Waals surface area contributed by atoms with E-state index in [2.05, 4.69) is 6.92 Å². The first-order chi connectivity index (χ1) is 10.5. The van der Waals surface area contributed by atoms with Crippen LogP contribution in [0, 0.1) is 5.92 Å². The molecule has 0 radical (unpaired) electrons. The van der Waals surface area contributed by atoms with Crippen LogP contribution in [0.2, 0.25) is 0 Å². The smallest absolute Gasteiger partial charge is 0.323 e. The number of carboxylic acid groups (broad SMARTS) is 1. The van der Waals surface area contributed by atoms with Crippen molar-refractivity contribution >= 4 is 11.9 Å². The molecule has 0 saturated carbocycles. The Morgan fingerprint density at radius 2 is 1.41 bits per heavy atom. The van der Waals surface area contributed by atoms with Gasteiger partial charge in [0, 0.05) is 13.0 Å². The van der Waals surface area contributed by atoms with Gasteiger partial charge < -0.3 is 10.0 Å². The maximum Gasteiger partial charge on any atom is 0.323 e. The fraction of sp³-hybridized carbons (Fsp3) is 0.889. The zero-order chi connectivity index (χ0) is 16.8. The van der Waals surface area contributed by atoms with Crippen LogP contribution in [0.4, 0.5) is 0 Å². The average molecular weight is 313 g/mol. The molecule has 0 bridgehead atoms. The molecular weight excluding hydrogens is 278 g/mol. The molecule has 0 aromatic rings. The number of carbonyl (C=O) groups is 2. The first kappa shape index (κ1) is 20.9. The van der Waals surface area contributed by atoms with Gasteiger partial charge in [-0.15, -0.1) is 0 Å². The zero-order valence-electron chi connectivity index (χ0n) is 14.8. The second-order valence-corrected chi connectivity index (χ2v) is 6.64. The molecule has 0 rings (SSSR count). The number of nitrogens with zero attached hydrogens (tertiary/aromatic N) is 1. The highest BCUT2D eigenvalue weighted by Gasteiger charge is 2.17. The number of amides is 1. The summed E-state index contributed by atoms with van der Waals surface area (Å²) in [6.07, 6.45) is 11.5. The van der Waals surface area contributed by atoms with Gasteiger partial charge in [-0.25, -0.2) is 0 Å². The molecule has 0 spiro atoms. The Kier molecular flexibility index (Phi) is 12.9. The van der Waals surface area contributed by atoms with Crippen molar-refractivity contribution in [3.05, 3.63) is 0 Å². The van der Waals surface area contributed by atoms with Crippen molar-refractivity contribution in [2.75, 3.05) is 13.1 Å². The van der Waals surface area contributed by atoms with E-state index in [-0.39, 0.29) is 12.5 Å². The van der Waals surface area contributed by atoms with E-state index in [0.717, 1.165) is 12.8 Å². The number of hydrogen-bond donors (Lipinski definition) is 1. The minimum atomic E-state index is -0.930. The largest absolute Gasteiger partial charge is 0.480 e. The van der Waals surface area contributed by atoms with E-state index in [9.17, 15) is 9.59 Å².